The molecule has 4 heteroatoms. The highest BCUT2D eigenvalue weighted by atomic mass is 16.5. The zero-order valence-electron chi connectivity index (χ0n) is 24.7. The summed E-state index contributed by atoms with van der Waals surface area (Å²) in [5, 5.41) is 11.6. The van der Waals surface area contributed by atoms with E-state index in [1.54, 1.807) is 13.8 Å². The van der Waals surface area contributed by atoms with Gasteiger partial charge in [0.1, 0.15) is 5.75 Å². The van der Waals surface area contributed by atoms with Crippen molar-refractivity contribution in [3.05, 3.63) is 71.8 Å². The van der Waals surface area contributed by atoms with Crippen LogP contribution in [0.2, 0.25) is 0 Å². The molecular formula is C34H49NO3. The zero-order valence-corrected chi connectivity index (χ0v) is 24.7. The van der Waals surface area contributed by atoms with Gasteiger partial charge in [-0.05, 0) is 86.2 Å². The van der Waals surface area contributed by atoms with Crippen LogP contribution >= 0.6 is 0 Å². The maximum Gasteiger partial charge on any atom is 0.347 e. The van der Waals surface area contributed by atoms with Crippen molar-refractivity contribution < 1.29 is 14.6 Å². The Kier molecular flexibility index (Phi) is 15.7. The van der Waals surface area contributed by atoms with Crippen molar-refractivity contribution >= 4 is 28.6 Å². The highest BCUT2D eigenvalue weighted by molar-refractivity contribution is 5.87. The summed E-state index contributed by atoms with van der Waals surface area (Å²) in [5.74, 6) is -0.419. The average molecular weight is 520 g/mol. The fraction of sp³-hybridized carbons (Fsp3) is 0.471. The van der Waals surface area contributed by atoms with Crippen LogP contribution < -0.4 is 4.74 Å². The first-order valence-corrected chi connectivity index (χ1v) is 14.3. The second-order valence-corrected chi connectivity index (χ2v) is 9.81. The number of aryl methyl sites for hydroxylation is 2. The largest absolute Gasteiger partial charge is 0.478 e. The third-order valence-electron chi connectivity index (χ3n) is 6.11. The summed E-state index contributed by atoms with van der Waals surface area (Å²) in [5.41, 5.74) is 2.16. The summed E-state index contributed by atoms with van der Waals surface area (Å²) in [6, 6.07) is 20.3. The van der Waals surface area contributed by atoms with Crippen LogP contribution in [0.3, 0.4) is 0 Å². The number of fused-ring (bicyclic) bond motifs is 1. The Bertz CT molecular complexity index is 1100. The number of rotatable bonds is 12. The summed E-state index contributed by atoms with van der Waals surface area (Å²) in [6.07, 6.45) is 11.8. The summed E-state index contributed by atoms with van der Waals surface area (Å²) in [4.78, 5) is 15.8. The second kappa shape index (κ2) is 18.2. The van der Waals surface area contributed by atoms with Gasteiger partial charge in [-0.3, -0.25) is 4.99 Å². The van der Waals surface area contributed by atoms with E-state index in [0.29, 0.717) is 5.75 Å². The van der Waals surface area contributed by atoms with Crippen molar-refractivity contribution in [3.63, 3.8) is 0 Å². The minimum absolute atomic E-state index is 0.564. The highest BCUT2D eigenvalue weighted by Crippen LogP contribution is 2.25. The SMILES string of the molecule is CC.CCCCCCC.Cc1cc2ccccc2cc1N=CCCCc1ccc(OC(C)(C)C(=O)O)cc1. The molecule has 38 heavy (non-hydrogen) atoms. The summed E-state index contributed by atoms with van der Waals surface area (Å²) < 4.78 is 5.53. The fourth-order valence-corrected chi connectivity index (χ4v) is 3.78. The van der Waals surface area contributed by atoms with E-state index in [1.165, 1.54) is 54.0 Å². The molecule has 0 saturated heterocycles. The number of nitrogens with zero attached hydrogens (tertiary/aromatic N) is 1. The molecule has 1 N–H and O–H groups in total. The first-order chi connectivity index (χ1) is 18.3. The number of benzene rings is 3. The molecule has 3 aromatic rings. The van der Waals surface area contributed by atoms with Crippen molar-refractivity contribution in [1.29, 1.82) is 0 Å². The van der Waals surface area contributed by atoms with E-state index >= 15 is 0 Å². The molecule has 0 fully saturated rings. The van der Waals surface area contributed by atoms with Gasteiger partial charge in [0.25, 0.3) is 0 Å². The molecule has 0 aromatic heterocycles. The third-order valence-corrected chi connectivity index (χ3v) is 6.11. The molecular weight excluding hydrogens is 470 g/mol. The van der Waals surface area contributed by atoms with Crippen molar-refractivity contribution in [1.82, 2.24) is 0 Å². The quantitative estimate of drug-likeness (QED) is 0.191. The molecule has 0 heterocycles. The van der Waals surface area contributed by atoms with E-state index in [2.05, 4.69) is 56.1 Å². The van der Waals surface area contributed by atoms with E-state index < -0.39 is 11.6 Å². The molecule has 4 nitrogen and oxygen atoms in total. The first-order valence-electron chi connectivity index (χ1n) is 14.3. The molecule has 3 rings (SSSR count). The number of carbonyl (C=O) groups is 1. The molecule has 0 aliphatic rings. The van der Waals surface area contributed by atoms with Crippen molar-refractivity contribution in [3.8, 4) is 5.75 Å². The number of carboxylic acid groups (broad SMARTS) is 1. The van der Waals surface area contributed by atoms with Crippen LogP contribution in [-0.2, 0) is 11.2 Å². The number of aliphatic carboxylic acids is 1. The van der Waals surface area contributed by atoms with Gasteiger partial charge in [0, 0.05) is 6.21 Å². The summed E-state index contributed by atoms with van der Waals surface area (Å²) in [6.45, 7) is 13.7. The maximum atomic E-state index is 11.1. The van der Waals surface area contributed by atoms with E-state index in [1.807, 2.05) is 50.4 Å². The molecule has 0 amide bonds. The highest BCUT2D eigenvalue weighted by Gasteiger charge is 2.29. The number of hydrogen-bond acceptors (Lipinski definition) is 3. The lowest BCUT2D eigenvalue weighted by Gasteiger charge is -2.21. The Balaban J connectivity index is 0.000000696. The molecule has 0 saturated carbocycles. The molecule has 0 aliphatic carbocycles. The number of carboxylic acids is 1. The van der Waals surface area contributed by atoms with Crippen LogP contribution in [0.4, 0.5) is 5.69 Å². The Morgan fingerprint density at radius 3 is 2.03 bits per heavy atom. The van der Waals surface area contributed by atoms with Crippen molar-refractivity contribution in [2.45, 2.75) is 105 Å². The molecule has 0 bridgehead atoms. The van der Waals surface area contributed by atoms with Gasteiger partial charge in [-0.1, -0.05) is 96.2 Å². The van der Waals surface area contributed by atoms with E-state index in [-0.39, 0.29) is 0 Å². The monoisotopic (exact) mass is 519 g/mol. The standard InChI is InChI=1S/C25H27NO3.C7H16.C2H6/c1-18-16-20-9-4-5-10-21(20)17-23(18)26-15-7-6-8-19-11-13-22(14-12-19)29-25(2,3)24(27)28;1-3-5-7-6-4-2;1-2/h4-5,9-17H,6-8H2,1-3H3,(H,27,28);3-7H2,1-2H3;1-2H3. The van der Waals surface area contributed by atoms with Crippen LogP contribution in [0.1, 0.15) is 97.6 Å². The Morgan fingerprint density at radius 1 is 0.895 bits per heavy atom. The maximum absolute atomic E-state index is 11.1. The number of hydrogen-bond donors (Lipinski definition) is 1. The van der Waals surface area contributed by atoms with E-state index in [9.17, 15) is 4.79 Å². The van der Waals surface area contributed by atoms with Gasteiger partial charge in [0.15, 0.2) is 5.60 Å². The molecule has 0 unspecified atom stereocenters. The molecule has 0 radical (unpaired) electrons. The van der Waals surface area contributed by atoms with Gasteiger partial charge in [-0.25, -0.2) is 4.79 Å². The lowest BCUT2D eigenvalue weighted by molar-refractivity contribution is -0.152. The number of aliphatic imine (C=N–C) groups is 1. The normalized spacial score (nSPS) is 10.9. The van der Waals surface area contributed by atoms with Crippen LogP contribution in [0.25, 0.3) is 10.8 Å². The Hall–Kier alpha value is -3.14. The fourth-order valence-electron chi connectivity index (χ4n) is 3.78. The van der Waals surface area contributed by atoms with Gasteiger partial charge >= 0.3 is 5.97 Å². The topological polar surface area (TPSA) is 58.9 Å². The van der Waals surface area contributed by atoms with E-state index in [0.717, 1.165) is 24.9 Å². The van der Waals surface area contributed by atoms with Gasteiger partial charge in [0.2, 0.25) is 0 Å². The molecule has 208 valence electrons. The number of ether oxygens (including phenoxy) is 1. The summed E-state index contributed by atoms with van der Waals surface area (Å²) in [7, 11) is 0. The molecule has 0 aliphatic heterocycles. The molecule has 3 aromatic carbocycles. The minimum atomic E-state index is -1.24. The molecule has 0 spiro atoms. The van der Waals surface area contributed by atoms with Crippen molar-refractivity contribution in [2.75, 3.05) is 0 Å². The minimum Gasteiger partial charge on any atom is -0.478 e. The predicted molar refractivity (Wildman–Crippen MR) is 164 cm³/mol. The van der Waals surface area contributed by atoms with Crippen LogP contribution in [0.15, 0.2) is 65.7 Å². The van der Waals surface area contributed by atoms with Crippen LogP contribution in [0.5, 0.6) is 5.75 Å². The van der Waals surface area contributed by atoms with Crippen LogP contribution in [-0.4, -0.2) is 22.9 Å². The Labute approximate surface area is 231 Å². The van der Waals surface area contributed by atoms with Gasteiger partial charge in [0.05, 0.1) is 5.69 Å². The summed E-state index contributed by atoms with van der Waals surface area (Å²) >= 11 is 0. The number of unbranched alkanes of at least 4 members (excludes halogenated alkanes) is 5. The second-order valence-electron chi connectivity index (χ2n) is 9.81. The predicted octanol–water partition coefficient (Wildman–Crippen LogP) is 10.1. The van der Waals surface area contributed by atoms with Gasteiger partial charge in [-0.15, -0.1) is 0 Å². The lowest BCUT2D eigenvalue weighted by atomic mass is 10.1. The van der Waals surface area contributed by atoms with Gasteiger partial charge < -0.3 is 9.84 Å². The third kappa shape index (κ3) is 11.9. The molecule has 0 atom stereocenters. The van der Waals surface area contributed by atoms with Crippen molar-refractivity contribution in [2.24, 2.45) is 4.99 Å². The van der Waals surface area contributed by atoms with Crippen LogP contribution in [0, 0.1) is 6.92 Å². The Morgan fingerprint density at radius 2 is 1.47 bits per heavy atom. The average Bonchev–Trinajstić information content (AvgIpc) is 2.91. The van der Waals surface area contributed by atoms with E-state index in [4.69, 9.17) is 9.84 Å². The van der Waals surface area contributed by atoms with Gasteiger partial charge in [-0.2, -0.15) is 0 Å². The smallest absolute Gasteiger partial charge is 0.347 e. The first kappa shape index (κ1) is 32.9. The zero-order chi connectivity index (χ0) is 28.4. The lowest BCUT2D eigenvalue weighted by Crippen LogP contribution is -2.37.